The normalized spacial score (nSPS) is 35.9. The number of likely N-dealkylation sites (N-methyl/N-ethyl adjacent to an activating group) is 1. The second-order valence-corrected chi connectivity index (χ2v) is 6.92. The fourth-order valence-electron chi connectivity index (χ4n) is 2.99. The van der Waals surface area contributed by atoms with Crippen LogP contribution in [0, 0.1) is 0 Å². The number of carbonyl (C=O) groups is 1. The molecular weight excluding hydrogens is 248 g/mol. The Hall–Kier alpha value is -0.260. The van der Waals surface area contributed by atoms with Gasteiger partial charge in [0.25, 0.3) is 0 Å². The minimum atomic E-state index is -0.362. The van der Waals surface area contributed by atoms with Crippen LogP contribution in [0.15, 0.2) is 0 Å². The third-order valence-electron chi connectivity index (χ3n) is 4.06. The minimum absolute atomic E-state index is 0.152. The van der Waals surface area contributed by atoms with Crippen LogP contribution in [0.25, 0.3) is 0 Å². The molecule has 0 radical (unpaired) electrons. The molecule has 5 heteroatoms. The van der Waals surface area contributed by atoms with E-state index in [2.05, 4.69) is 12.2 Å². The molecule has 0 bridgehead atoms. The second-order valence-electron chi connectivity index (χ2n) is 5.34. The van der Waals surface area contributed by atoms with Gasteiger partial charge in [-0.1, -0.05) is 6.92 Å². The summed E-state index contributed by atoms with van der Waals surface area (Å²) in [5.41, 5.74) is 0. The van der Waals surface area contributed by atoms with E-state index in [1.165, 1.54) is 6.42 Å². The molecule has 1 saturated heterocycles. The number of nitrogens with one attached hydrogen (secondary N) is 1. The molecule has 1 aliphatic heterocycles. The number of hydrogen-bond donors (Lipinski definition) is 2. The number of β-amino-alcohol motifs (C(OH)–C–C–N with tert-alkyl or cyclic N) is 1. The van der Waals surface area contributed by atoms with Gasteiger partial charge in [0, 0.05) is 24.9 Å². The maximum atomic E-state index is 12.3. The average molecular weight is 272 g/mol. The summed E-state index contributed by atoms with van der Waals surface area (Å²) in [7, 11) is 1.92. The molecule has 0 spiro atoms. The van der Waals surface area contributed by atoms with Gasteiger partial charge >= 0.3 is 0 Å². The largest absolute Gasteiger partial charge is 0.392 e. The van der Waals surface area contributed by atoms with Crippen LogP contribution in [-0.4, -0.2) is 58.7 Å². The summed E-state index contributed by atoms with van der Waals surface area (Å²) in [5.74, 6) is 1.31. The molecule has 0 aromatic carbocycles. The molecule has 1 aliphatic carbocycles. The molecule has 104 valence electrons. The molecule has 0 aromatic rings. The molecule has 4 atom stereocenters. The smallest absolute Gasteiger partial charge is 0.239 e. The first-order valence-electron chi connectivity index (χ1n) is 6.91. The van der Waals surface area contributed by atoms with Gasteiger partial charge in [0.15, 0.2) is 0 Å². The molecule has 0 aromatic heterocycles. The summed E-state index contributed by atoms with van der Waals surface area (Å²) in [6.45, 7) is 2.74. The van der Waals surface area contributed by atoms with E-state index in [1.807, 2.05) is 23.7 Å². The summed E-state index contributed by atoms with van der Waals surface area (Å²) >= 11 is 2.01. The summed E-state index contributed by atoms with van der Waals surface area (Å²) in [6, 6.07) is 0.212. The van der Waals surface area contributed by atoms with Gasteiger partial charge < -0.3 is 15.3 Å². The maximum absolute atomic E-state index is 12.3. The van der Waals surface area contributed by atoms with E-state index < -0.39 is 0 Å². The molecule has 1 heterocycles. The number of amides is 1. The van der Waals surface area contributed by atoms with Gasteiger partial charge in [-0.2, -0.15) is 11.8 Å². The van der Waals surface area contributed by atoms with Gasteiger partial charge in [0.2, 0.25) is 5.91 Å². The van der Waals surface area contributed by atoms with E-state index in [0.717, 1.165) is 23.8 Å². The third-order valence-corrected chi connectivity index (χ3v) is 5.29. The van der Waals surface area contributed by atoms with Crippen LogP contribution in [0.3, 0.4) is 0 Å². The van der Waals surface area contributed by atoms with Gasteiger partial charge in [-0.25, -0.2) is 0 Å². The molecule has 18 heavy (non-hydrogen) atoms. The SMILES string of the molecule is CCSC1CCC(N(C)C(=O)C2CC(O)CN2)C1. The zero-order valence-corrected chi connectivity index (χ0v) is 12.1. The number of aliphatic hydroxyl groups excluding tert-OH is 1. The Morgan fingerprint density at radius 1 is 1.44 bits per heavy atom. The van der Waals surface area contributed by atoms with Crippen molar-refractivity contribution in [1.82, 2.24) is 10.2 Å². The highest BCUT2D eigenvalue weighted by molar-refractivity contribution is 7.99. The van der Waals surface area contributed by atoms with Crippen LogP contribution in [0.4, 0.5) is 0 Å². The first-order valence-corrected chi connectivity index (χ1v) is 7.96. The van der Waals surface area contributed by atoms with Crippen molar-refractivity contribution in [3.05, 3.63) is 0 Å². The standard InChI is InChI=1S/C13H24N2O2S/c1-3-18-11-5-4-9(6-11)15(2)13(17)12-7-10(16)8-14-12/h9-12,14,16H,3-8H2,1-2H3. The number of hydrogen-bond acceptors (Lipinski definition) is 4. The summed E-state index contributed by atoms with van der Waals surface area (Å²) in [4.78, 5) is 14.2. The van der Waals surface area contributed by atoms with E-state index in [1.54, 1.807) is 0 Å². The lowest BCUT2D eigenvalue weighted by molar-refractivity contribution is -0.133. The van der Waals surface area contributed by atoms with Crippen LogP contribution in [0.5, 0.6) is 0 Å². The zero-order chi connectivity index (χ0) is 13.1. The van der Waals surface area contributed by atoms with Crippen molar-refractivity contribution in [2.45, 2.75) is 56.0 Å². The van der Waals surface area contributed by atoms with E-state index in [9.17, 15) is 9.90 Å². The summed E-state index contributed by atoms with van der Waals surface area (Å²) < 4.78 is 0. The highest BCUT2D eigenvalue weighted by atomic mass is 32.2. The molecule has 1 saturated carbocycles. The van der Waals surface area contributed by atoms with E-state index in [-0.39, 0.29) is 18.1 Å². The lowest BCUT2D eigenvalue weighted by Crippen LogP contribution is -2.45. The predicted molar refractivity (Wildman–Crippen MR) is 74.7 cm³/mol. The van der Waals surface area contributed by atoms with Gasteiger partial charge in [-0.05, 0) is 31.4 Å². The lowest BCUT2D eigenvalue weighted by Gasteiger charge is -2.27. The van der Waals surface area contributed by atoms with E-state index in [4.69, 9.17) is 0 Å². The number of nitrogens with zero attached hydrogens (tertiary/aromatic N) is 1. The van der Waals surface area contributed by atoms with Gasteiger partial charge in [0.1, 0.15) is 0 Å². The van der Waals surface area contributed by atoms with Crippen LogP contribution in [0.2, 0.25) is 0 Å². The number of carbonyl (C=O) groups excluding carboxylic acids is 1. The second kappa shape index (κ2) is 6.26. The van der Waals surface area contributed by atoms with Crippen LogP contribution < -0.4 is 5.32 Å². The monoisotopic (exact) mass is 272 g/mol. The van der Waals surface area contributed by atoms with Crippen molar-refractivity contribution in [2.75, 3.05) is 19.3 Å². The van der Waals surface area contributed by atoms with Crippen LogP contribution in [0.1, 0.15) is 32.6 Å². The van der Waals surface area contributed by atoms with E-state index >= 15 is 0 Å². The number of aliphatic hydroxyl groups is 1. The fourth-order valence-corrected chi connectivity index (χ4v) is 4.12. The van der Waals surface area contributed by atoms with Gasteiger partial charge in [-0.15, -0.1) is 0 Å². The Balaban J connectivity index is 1.84. The number of rotatable bonds is 4. The summed E-state index contributed by atoms with van der Waals surface area (Å²) in [6.07, 6.45) is 3.66. The lowest BCUT2D eigenvalue weighted by atomic mass is 10.1. The van der Waals surface area contributed by atoms with Crippen molar-refractivity contribution in [2.24, 2.45) is 0 Å². The Morgan fingerprint density at radius 3 is 2.83 bits per heavy atom. The first kappa shape index (κ1) is 14.2. The number of thioether (sulfide) groups is 1. The molecule has 1 amide bonds. The third kappa shape index (κ3) is 3.19. The van der Waals surface area contributed by atoms with Crippen molar-refractivity contribution in [3.63, 3.8) is 0 Å². The van der Waals surface area contributed by atoms with Crippen LogP contribution >= 0.6 is 11.8 Å². The predicted octanol–water partition coefficient (Wildman–Crippen LogP) is 0.842. The Labute approximate surface area is 113 Å². The first-order chi connectivity index (χ1) is 8.61. The minimum Gasteiger partial charge on any atom is -0.392 e. The van der Waals surface area contributed by atoms with Gasteiger partial charge in [0.05, 0.1) is 12.1 Å². The van der Waals surface area contributed by atoms with Crippen molar-refractivity contribution < 1.29 is 9.90 Å². The fraction of sp³-hybridized carbons (Fsp3) is 0.923. The molecule has 2 fully saturated rings. The highest BCUT2D eigenvalue weighted by Gasteiger charge is 2.35. The molecule has 2 rings (SSSR count). The maximum Gasteiger partial charge on any atom is 0.239 e. The van der Waals surface area contributed by atoms with Crippen molar-refractivity contribution >= 4 is 17.7 Å². The topological polar surface area (TPSA) is 52.6 Å². The average Bonchev–Trinajstić information content (AvgIpc) is 2.97. The molecule has 4 nitrogen and oxygen atoms in total. The van der Waals surface area contributed by atoms with Crippen molar-refractivity contribution in [3.8, 4) is 0 Å². The Morgan fingerprint density at radius 2 is 2.22 bits per heavy atom. The molecule has 2 N–H and O–H groups in total. The quantitative estimate of drug-likeness (QED) is 0.796. The van der Waals surface area contributed by atoms with Crippen LogP contribution in [-0.2, 0) is 4.79 Å². The zero-order valence-electron chi connectivity index (χ0n) is 11.3. The molecular formula is C13H24N2O2S. The Kier molecular flexibility index (Phi) is 4.92. The summed E-state index contributed by atoms with van der Waals surface area (Å²) in [5, 5.41) is 13.3. The van der Waals surface area contributed by atoms with Gasteiger partial charge in [-0.3, -0.25) is 4.79 Å². The molecule has 2 aliphatic rings. The Bertz CT molecular complexity index is 301. The van der Waals surface area contributed by atoms with E-state index in [0.29, 0.717) is 19.0 Å². The highest BCUT2D eigenvalue weighted by Crippen LogP contribution is 2.32. The van der Waals surface area contributed by atoms with Crippen molar-refractivity contribution in [1.29, 1.82) is 0 Å². The molecule has 4 unspecified atom stereocenters.